The summed E-state index contributed by atoms with van der Waals surface area (Å²) in [6, 6.07) is 22.2. The first-order valence-corrected chi connectivity index (χ1v) is 12.8. The molecular formula is C29H26ClFN6O2. The highest BCUT2D eigenvalue weighted by molar-refractivity contribution is 6.30. The summed E-state index contributed by atoms with van der Waals surface area (Å²) in [7, 11) is 0. The zero-order valence-corrected chi connectivity index (χ0v) is 21.7. The predicted octanol–water partition coefficient (Wildman–Crippen LogP) is 5.35. The Labute approximate surface area is 230 Å². The van der Waals surface area contributed by atoms with Crippen LogP contribution < -0.4 is 10.6 Å². The van der Waals surface area contributed by atoms with Crippen LogP contribution in [0, 0.1) is 5.82 Å². The average molecular weight is 545 g/mol. The van der Waals surface area contributed by atoms with Gasteiger partial charge in [0.25, 0.3) is 5.91 Å². The molecular weight excluding hydrogens is 519 g/mol. The topological polar surface area (TPSA) is 90.5 Å². The first-order chi connectivity index (χ1) is 18.9. The van der Waals surface area contributed by atoms with Crippen LogP contribution in [0.3, 0.4) is 0 Å². The fraction of sp³-hybridized carbons (Fsp3) is 0.172. The second-order valence-corrected chi connectivity index (χ2v) is 9.48. The minimum Gasteiger partial charge on any atom is -0.335 e. The van der Waals surface area contributed by atoms with Gasteiger partial charge in [-0.25, -0.2) is 19.2 Å². The fourth-order valence-electron chi connectivity index (χ4n) is 4.21. The van der Waals surface area contributed by atoms with Crippen molar-refractivity contribution < 1.29 is 14.0 Å². The molecule has 4 aromatic rings. The molecule has 2 N–H and O–H groups in total. The number of benzene rings is 3. The zero-order valence-electron chi connectivity index (χ0n) is 21.0. The van der Waals surface area contributed by atoms with Crippen molar-refractivity contribution in [2.75, 3.05) is 31.5 Å². The average Bonchev–Trinajstić information content (AvgIpc) is 2.97. The highest BCUT2D eigenvalue weighted by atomic mass is 35.5. The van der Waals surface area contributed by atoms with Crippen LogP contribution in [0.4, 0.5) is 20.8 Å². The normalized spacial score (nSPS) is 13.2. The standard InChI is InChI=1S/C29H26ClFN6O2/c30-23-7-3-21(4-8-23)26-13-14-32-28(35-26)34-25-11-5-22(6-12-25)27(38)36-15-17-37(18-16-36)29(39)33-19-20-1-9-24(31)10-2-20/h1-14H,15-19H2,(H,33,39)(H,32,34,35). The molecule has 0 aliphatic carbocycles. The van der Waals surface area contributed by atoms with Crippen molar-refractivity contribution in [3.05, 3.63) is 107 Å². The molecule has 2 heterocycles. The van der Waals surface area contributed by atoms with E-state index in [1.807, 2.05) is 42.5 Å². The lowest BCUT2D eigenvalue weighted by Crippen LogP contribution is -2.53. The number of aromatic nitrogens is 2. The van der Waals surface area contributed by atoms with Gasteiger partial charge in [-0.15, -0.1) is 0 Å². The smallest absolute Gasteiger partial charge is 0.317 e. The van der Waals surface area contributed by atoms with E-state index in [1.165, 1.54) is 12.1 Å². The second-order valence-electron chi connectivity index (χ2n) is 9.04. The van der Waals surface area contributed by atoms with Gasteiger partial charge >= 0.3 is 6.03 Å². The van der Waals surface area contributed by atoms with Gasteiger partial charge in [0.2, 0.25) is 5.95 Å². The lowest BCUT2D eigenvalue weighted by atomic mass is 10.1. The van der Waals surface area contributed by atoms with Crippen LogP contribution in [0.15, 0.2) is 85.1 Å². The third-order valence-corrected chi connectivity index (χ3v) is 6.65. The van der Waals surface area contributed by atoms with E-state index in [-0.39, 0.29) is 17.8 Å². The summed E-state index contributed by atoms with van der Waals surface area (Å²) in [5.74, 6) is 0.0371. The molecule has 39 heavy (non-hydrogen) atoms. The van der Waals surface area contributed by atoms with Crippen molar-refractivity contribution in [2.45, 2.75) is 6.54 Å². The first kappa shape index (κ1) is 26.1. The Hall–Kier alpha value is -4.50. The van der Waals surface area contributed by atoms with Gasteiger partial charge in [0.1, 0.15) is 5.82 Å². The Bertz CT molecular complexity index is 1440. The monoisotopic (exact) mass is 544 g/mol. The van der Waals surface area contributed by atoms with E-state index in [9.17, 15) is 14.0 Å². The highest BCUT2D eigenvalue weighted by Crippen LogP contribution is 2.22. The Morgan fingerprint density at radius 1 is 0.846 bits per heavy atom. The van der Waals surface area contributed by atoms with Crippen LogP contribution in [0.5, 0.6) is 0 Å². The van der Waals surface area contributed by atoms with E-state index in [1.54, 1.807) is 40.3 Å². The molecule has 1 fully saturated rings. The molecule has 1 aliphatic rings. The molecule has 198 valence electrons. The lowest BCUT2D eigenvalue weighted by Gasteiger charge is -2.34. The van der Waals surface area contributed by atoms with E-state index < -0.39 is 0 Å². The summed E-state index contributed by atoms with van der Waals surface area (Å²) in [5, 5.41) is 6.68. The maximum absolute atomic E-state index is 13.0. The van der Waals surface area contributed by atoms with Gasteiger partial charge in [0.15, 0.2) is 0 Å². The maximum Gasteiger partial charge on any atom is 0.317 e. The van der Waals surface area contributed by atoms with Gasteiger partial charge < -0.3 is 20.4 Å². The summed E-state index contributed by atoms with van der Waals surface area (Å²) < 4.78 is 13.0. The van der Waals surface area contributed by atoms with Crippen LogP contribution >= 0.6 is 11.6 Å². The molecule has 0 unspecified atom stereocenters. The molecule has 0 atom stereocenters. The van der Waals surface area contributed by atoms with Crippen molar-refractivity contribution in [2.24, 2.45) is 0 Å². The second kappa shape index (κ2) is 11.9. The number of hydrogen-bond donors (Lipinski definition) is 2. The van der Waals surface area contributed by atoms with Crippen molar-refractivity contribution in [3.63, 3.8) is 0 Å². The van der Waals surface area contributed by atoms with Gasteiger partial charge in [0.05, 0.1) is 5.69 Å². The number of urea groups is 1. The van der Waals surface area contributed by atoms with Crippen molar-refractivity contribution in [1.82, 2.24) is 25.1 Å². The van der Waals surface area contributed by atoms with Crippen molar-refractivity contribution in [3.8, 4) is 11.3 Å². The molecule has 1 saturated heterocycles. The molecule has 1 aliphatic heterocycles. The van der Waals surface area contributed by atoms with Crippen LogP contribution in [-0.4, -0.2) is 57.9 Å². The fourth-order valence-corrected chi connectivity index (χ4v) is 4.34. The van der Waals surface area contributed by atoms with Gasteiger partial charge in [-0.2, -0.15) is 0 Å². The zero-order chi connectivity index (χ0) is 27.2. The van der Waals surface area contributed by atoms with Gasteiger partial charge in [-0.1, -0.05) is 35.9 Å². The van der Waals surface area contributed by atoms with E-state index in [0.29, 0.717) is 49.3 Å². The molecule has 0 bridgehead atoms. The van der Waals surface area contributed by atoms with Gasteiger partial charge in [0, 0.05) is 60.8 Å². The van der Waals surface area contributed by atoms with E-state index in [0.717, 1.165) is 22.5 Å². The number of halogens is 2. The van der Waals surface area contributed by atoms with Crippen LogP contribution in [0.25, 0.3) is 11.3 Å². The predicted molar refractivity (Wildman–Crippen MR) is 148 cm³/mol. The highest BCUT2D eigenvalue weighted by Gasteiger charge is 2.24. The minimum atomic E-state index is -0.314. The summed E-state index contributed by atoms with van der Waals surface area (Å²) >= 11 is 5.98. The van der Waals surface area contributed by atoms with E-state index >= 15 is 0 Å². The molecule has 0 spiro atoms. The Balaban J connectivity index is 1.12. The number of carbonyl (C=O) groups is 2. The molecule has 0 radical (unpaired) electrons. The number of hydrogen-bond acceptors (Lipinski definition) is 5. The number of rotatable bonds is 6. The van der Waals surface area contributed by atoms with Crippen molar-refractivity contribution >= 4 is 35.2 Å². The van der Waals surface area contributed by atoms with Crippen LogP contribution in [0.1, 0.15) is 15.9 Å². The lowest BCUT2D eigenvalue weighted by molar-refractivity contribution is 0.0665. The van der Waals surface area contributed by atoms with Gasteiger partial charge in [-0.05, 0) is 60.2 Å². The molecule has 10 heteroatoms. The number of nitrogens with zero attached hydrogens (tertiary/aromatic N) is 4. The van der Waals surface area contributed by atoms with Gasteiger partial charge in [-0.3, -0.25) is 4.79 Å². The first-order valence-electron chi connectivity index (χ1n) is 12.5. The number of piperazine rings is 1. The quantitative estimate of drug-likeness (QED) is 0.342. The Morgan fingerprint density at radius 3 is 2.21 bits per heavy atom. The summed E-state index contributed by atoms with van der Waals surface area (Å²) in [5.41, 5.74) is 3.82. The largest absolute Gasteiger partial charge is 0.335 e. The number of carbonyl (C=O) groups excluding carboxylic acids is 2. The SMILES string of the molecule is O=C(NCc1ccc(F)cc1)N1CCN(C(=O)c2ccc(Nc3nccc(-c4ccc(Cl)cc4)n3)cc2)CC1. The third-order valence-electron chi connectivity index (χ3n) is 6.39. The van der Waals surface area contributed by atoms with Crippen LogP contribution in [0.2, 0.25) is 5.02 Å². The van der Waals surface area contributed by atoms with E-state index in [4.69, 9.17) is 11.6 Å². The molecule has 5 rings (SSSR count). The van der Waals surface area contributed by atoms with E-state index in [2.05, 4.69) is 20.6 Å². The van der Waals surface area contributed by atoms with Crippen LogP contribution in [-0.2, 0) is 6.54 Å². The molecule has 0 saturated carbocycles. The number of amides is 3. The maximum atomic E-state index is 13.0. The molecule has 3 amide bonds. The summed E-state index contributed by atoms with van der Waals surface area (Å²) in [6.07, 6.45) is 1.68. The summed E-state index contributed by atoms with van der Waals surface area (Å²) in [4.78, 5) is 37.8. The third kappa shape index (κ3) is 6.69. The molecule has 1 aromatic heterocycles. The Kier molecular flexibility index (Phi) is 7.98. The Morgan fingerprint density at radius 2 is 1.51 bits per heavy atom. The number of anilines is 2. The molecule has 8 nitrogen and oxygen atoms in total. The van der Waals surface area contributed by atoms with Crippen molar-refractivity contribution in [1.29, 1.82) is 0 Å². The minimum absolute atomic E-state index is 0.0890. The number of nitrogens with one attached hydrogen (secondary N) is 2. The molecule has 3 aromatic carbocycles. The summed E-state index contributed by atoms with van der Waals surface area (Å²) in [6.45, 7) is 2.06.